The number of fused-ring (bicyclic) bond motifs is 1. The van der Waals surface area contributed by atoms with Crippen LogP contribution < -0.4 is 5.73 Å². The average molecular weight is 176 g/mol. The molecule has 0 amide bonds. The molecule has 2 nitrogen and oxygen atoms in total. The van der Waals surface area contributed by atoms with Crippen molar-refractivity contribution in [3.05, 3.63) is 35.9 Å². The fourth-order valence-electron chi connectivity index (χ4n) is 1.33. The smallest absolute Gasteiger partial charge is 0.131 e. The van der Waals surface area contributed by atoms with E-state index in [9.17, 15) is 4.39 Å². The minimum Gasteiger partial charge on any atom is -0.398 e. The van der Waals surface area contributed by atoms with Gasteiger partial charge in [-0.3, -0.25) is 4.98 Å². The van der Waals surface area contributed by atoms with Gasteiger partial charge in [-0.2, -0.15) is 0 Å². The summed E-state index contributed by atoms with van der Waals surface area (Å²) in [4.78, 5) is 4.06. The molecule has 0 fully saturated rings. The molecular weight excluding hydrogens is 167 g/mol. The van der Waals surface area contributed by atoms with Gasteiger partial charge in [-0.1, -0.05) is 0 Å². The number of nitrogens with two attached hydrogens (primary N) is 1. The van der Waals surface area contributed by atoms with Crippen LogP contribution in [0, 0.1) is 12.7 Å². The topological polar surface area (TPSA) is 38.9 Å². The van der Waals surface area contributed by atoms with Crippen molar-refractivity contribution in [1.29, 1.82) is 0 Å². The first kappa shape index (κ1) is 7.98. The van der Waals surface area contributed by atoms with Gasteiger partial charge in [-0.15, -0.1) is 0 Å². The fraction of sp³-hybridized carbons (Fsp3) is 0.100. The highest BCUT2D eigenvalue weighted by Gasteiger charge is 2.03. The first-order valence-electron chi connectivity index (χ1n) is 3.99. The Balaban J connectivity index is 2.92. The maximum atomic E-state index is 13.3. The van der Waals surface area contributed by atoms with E-state index in [-0.39, 0.29) is 5.82 Å². The molecule has 0 aliphatic heterocycles. The molecule has 0 saturated carbocycles. The molecule has 1 aromatic carbocycles. The molecule has 2 N–H and O–H groups in total. The predicted molar refractivity (Wildman–Crippen MR) is 50.9 cm³/mol. The van der Waals surface area contributed by atoms with E-state index < -0.39 is 0 Å². The molecule has 1 heterocycles. The Bertz CT molecular complexity index is 466. The lowest BCUT2D eigenvalue weighted by Crippen LogP contribution is -1.91. The summed E-state index contributed by atoms with van der Waals surface area (Å²) in [5, 5.41) is 1.21. The van der Waals surface area contributed by atoms with Crippen molar-refractivity contribution in [1.82, 2.24) is 4.98 Å². The number of anilines is 1. The molecule has 0 aliphatic rings. The fourth-order valence-corrected chi connectivity index (χ4v) is 1.33. The maximum Gasteiger partial charge on any atom is 0.131 e. The van der Waals surface area contributed by atoms with Crippen LogP contribution in [0.2, 0.25) is 0 Å². The summed E-state index contributed by atoms with van der Waals surface area (Å²) < 4.78 is 13.3. The third kappa shape index (κ3) is 1.22. The second-order valence-corrected chi connectivity index (χ2v) is 3.01. The summed E-state index contributed by atoms with van der Waals surface area (Å²) in [6.07, 6.45) is 1.60. The zero-order valence-corrected chi connectivity index (χ0v) is 7.21. The molecule has 1 aromatic heterocycles. The Morgan fingerprint density at radius 2 is 2.08 bits per heavy atom. The molecule has 3 heteroatoms. The van der Waals surface area contributed by atoms with Gasteiger partial charge >= 0.3 is 0 Å². The summed E-state index contributed by atoms with van der Waals surface area (Å²) in [6.45, 7) is 1.82. The SMILES string of the molecule is Cc1cc2c(F)ccc(N)c2cn1. The summed E-state index contributed by atoms with van der Waals surface area (Å²) in [5.41, 5.74) is 7.02. The number of nitrogens with zero attached hydrogens (tertiary/aromatic N) is 1. The van der Waals surface area contributed by atoms with Gasteiger partial charge < -0.3 is 5.73 Å². The third-order valence-electron chi connectivity index (χ3n) is 2.02. The van der Waals surface area contributed by atoms with E-state index in [0.29, 0.717) is 16.5 Å². The molecule has 0 radical (unpaired) electrons. The monoisotopic (exact) mass is 176 g/mol. The van der Waals surface area contributed by atoms with Crippen molar-refractivity contribution in [2.75, 3.05) is 5.73 Å². The molecule has 0 spiro atoms. The van der Waals surface area contributed by atoms with E-state index in [1.165, 1.54) is 6.07 Å². The zero-order chi connectivity index (χ0) is 9.42. The molecule has 13 heavy (non-hydrogen) atoms. The van der Waals surface area contributed by atoms with Gasteiger partial charge in [-0.05, 0) is 25.1 Å². The molecule has 66 valence electrons. The van der Waals surface area contributed by atoms with Crippen LogP contribution in [0.1, 0.15) is 5.69 Å². The van der Waals surface area contributed by atoms with E-state index in [1.807, 2.05) is 6.92 Å². The molecule has 2 aromatic rings. The number of aromatic nitrogens is 1. The summed E-state index contributed by atoms with van der Waals surface area (Å²) in [6, 6.07) is 4.62. The van der Waals surface area contributed by atoms with Crippen molar-refractivity contribution in [3.8, 4) is 0 Å². The van der Waals surface area contributed by atoms with Crippen LogP contribution in [-0.2, 0) is 0 Å². The van der Waals surface area contributed by atoms with Gasteiger partial charge in [0.05, 0.1) is 0 Å². The van der Waals surface area contributed by atoms with Gasteiger partial charge in [-0.25, -0.2) is 4.39 Å². The van der Waals surface area contributed by atoms with Crippen LogP contribution in [0.25, 0.3) is 10.8 Å². The van der Waals surface area contributed by atoms with E-state index >= 15 is 0 Å². The first-order valence-corrected chi connectivity index (χ1v) is 3.99. The van der Waals surface area contributed by atoms with E-state index in [4.69, 9.17) is 5.73 Å². The van der Waals surface area contributed by atoms with Crippen molar-refractivity contribution in [2.45, 2.75) is 6.92 Å². The molecule has 2 rings (SSSR count). The molecule has 0 saturated heterocycles. The number of nitrogen functional groups attached to an aromatic ring is 1. The number of aryl methyl sites for hydroxylation is 1. The minimum absolute atomic E-state index is 0.255. The van der Waals surface area contributed by atoms with Gasteiger partial charge in [0.15, 0.2) is 0 Å². The standard InChI is InChI=1S/C10H9FN2/c1-6-4-7-8(5-13-6)10(12)3-2-9(7)11/h2-5H,12H2,1H3. The lowest BCUT2D eigenvalue weighted by atomic mass is 10.1. The van der Waals surface area contributed by atoms with Crippen molar-refractivity contribution in [2.24, 2.45) is 0 Å². The van der Waals surface area contributed by atoms with Crippen LogP contribution in [0.3, 0.4) is 0 Å². The molecule has 0 bridgehead atoms. The predicted octanol–water partition coefficient (Wildman–Crippen LogP) is 2.26. The van der Waals surface area contributed by atoms with Crippen molar-refractivity contribution in [3.63, 3.8) is 0 Å². The Morgan fingerprint density at radius 1 is 1.31 bits per heavy atom. The Hall–Kier alpha value is -1.64. The largest absolute Gasteiger partial charge is 0.398 e. The minimum atomic E-state index is -0.255. The number of rotatable bonds is 0. The maximum absolute atomic E-state index is 13.3. The van der Waals surface area contributed by atoms with Gasteiger partial charge in [0.1, 0.15) is 5.82 Å². The van der Waals surface area contributed by atoms with Gasteiger partial charge in [0, 0.05) is 28.4 Å². The van der Waals surface area contributed by atoms with E-state index in [0.717, 1.165) is 5.69 Å². The molecule has 0 atom stereocenters. The van der Waals surface area contributed by atoms with Crippen molar-refractivity contribution >= 4 is 16.5 Å². The third-order valence-corrected chi connectivity index (χ3v) is 2.02. The van der Waals surface area contributed by atoms with Gasteiger partial charge in [0.2, 0.25) is 0 Å². The molecule has 0 aliphatic carbocycles. The second-order valence-electron chi connectivity index (χ2n) is 3.01. The normalized spacial score (nSPS) is 10.6. The van der Waals surface area contributed by atoms with Gasteiger partial charge in [0.25, 0.3) is 0 Å². The van der Waals surface area contributed by atoms with Crippen LogP contribution >= 0.6 is 0 Å². The Labute approximate surface area is 75.2 Å². The van der Waals surface area contributed by atoms with Crippen LogP contribution in [0.4, 0.5) is 10.1 Å². The van der Waals surface area contributed by atoms with Crippen LogP contribution in [-0.4, -0.2) is 4.98 Å². The lowest BCUT2D eigenvalue weighted by Gasteiger charge is -2.02. The Morgan fingerprint density at radius 3 is 2.85 bits per heavy atom. The number of halogens is 1. The highest BCUT2D eigenvalue weighted by atomic mass is 19.1. The summed E-state index contributed by atoms with van der Waals surface area (Å²) in [5.74, 6) is -0.255. The highest BCUT2D eigenvalue weighted by Crippen LogP contribution is 2.23. The number of hydrogen-bond donors (Lipinski definition) is 1. The lowest BCUT2D eigenvalue weighted by molar-refractivity contribution is 0.640. The molecule has 0 unspecified atom stereocenters. The average Bonchev–Trinajstić information content (AvgIpc) is 2.12. The van der Waals surface area contributed by atoms with E-state index in [1.54, 1.807) is 18.3 Å². The van der Waals surface area contributed by atoms with Crippen LogP contribution in [0.15, 0.2) is 24.4 Å². The number of hydrogen-bond acceptors (Lipinski definition) is 2. The van der Waals surface area contributed by atoms with Crippen molar-refractivity contribution < 1.29 is 4.39 Å². The Kier molecular flexibility index (Phi) is 1.65. The zero-order valence-electron chi connectivity index (χ0n) is 7.21. The highest BCUT2D eigenvalue weighted by molar-refractivity contribution is 5.92. The molecular formula is C10H9FN2. The van der Waals surface area contributed by atoms with Crippen LogP contribution in [0.5, 0.6) is 0 Å². The quantitative estimate of drug-likeness (QED) is 0.625. The number of benzene rings is 1. The summed E-state index contributed by atoms with van der Waals surface area (Å²) >= 11 is 0. The number of pyridine rings is 1. The first-order chi connectivity index (χ1) is 6.18. The summed E-state index contributed by atoms with van der Waals surface area (Å²) in [7, 11) is 0. The second kappa shape index (κ2) is 2.69. The van der Waals surface area contributed by atoms with E-state index in [2.05, 4.69) is 4.98 Å².